The Hall–Kier alpha value is -3.02. The maximum Gasteiger partial charge on any atom is 0.257 e. The second kappa shape index (κ2) is 6.05. The number of fused-ring (bicyclic) bond motifs is 2. The SMILES string of the molecule is COc1ccc(C(=O)N2CC[C@@]3(C2)C(=O)Nc2ccccc23)c(OC)c1. The molecule has 1 fully saturated rings. The van der Waals surface area contributed by atoms with Crippen molar-refractivity contribution in [2.24, 2.45) is 0 Å². The van der Waals surface area contributed by atoms with Crippen molar-refractivity contribution in [3.8, 4) is 11.5 Å². The fourth-order valence-electron chi connectivity index (χ4n) is 3.91. The van der Waals surface area contributed by atoms with Crippen LogP contribution >= 0.6 is 0 Å². The van der Waals surface area contributed by atoms with Gasteiger partial charge < -0.3 is 19.7 Å². The van der Waals surface area contributed by atoms with E-state index in [4.69, 9.17) is 9.47 Å². The van der Waals surface area contributed by atoms with Gasteiger partial charge in [0.15, 0.2) is 0 Å². The Balaban J connectivity index is 1.64. The third-order valence-electron chi connectivity index (χ3n) is 5.32. The number of hydrogen-bond acceptors (Lipinski definition) is 4. The Morgan fingerprint density at radius 3 is 2.73 bits per heavy atom. The highest BCUT2D eigenvalue weighted by atomic mass is 16.5. The van der Waals surface area contributed by atoms with Gasteiger partial charge in [-0.2, -0.15) is 0 Å². The number of rotatable bonds is 3. The summed E-state index contributed by atoms with van der Waals surface area (Å²) in [7, 11) is 3.09. The number of hydrogen-bond donors (Lipinski definition) is 1. The molecule has 0 saturated carbocycles. The van der Waals surface area contributed by atoms with E-state index in [0.717, 1.165) is 11.3 Å². The van der Waals surface area contributed by atoms with Gasteiger partial charge in [0.2, 0.25) is 5.91 Å². The summed E-state index contributed by atoms with van der Waals surface area (Å²) >= 11 is 0. The standard InChI is InChI=1S/C20H20N2O4/c1-25-13-7-8-14(17(11-13)26-2)18(23)22-10-9-20(12-22)15-5-3-4-6-16(15)21-19(20)24/h3-8,11H,9-10,12H2,1-2H3,(H,21,24)/t20-/m0/s1. The molecule has 1 spiro atoms. The van der Waals surface area contributed by atoms with Gasteiger partial charge >= 0.3 is 0 Å². The molecule has 0 aliphatic carbocycles. The van der Waals surface area contributed by atoms with E-state index in [-0.39, 0.29) is 11.8 Å². The number of likely N-dealkylation sites (tertiary alicyclic amines) is 1. The monoisotopic (exact) mass is 352 g/mol. The highest BCUT2D eigenvalue weighted by Crippen LogP contribution is 2.44. The highest BCUT2D eigenvalue weighted by Gasteiger charge is 2.52. The van der Waals surface area contributed by atoms with Crippen molar-refractivity contribution in [2.75, 3.05) is 32.6 Å². The van der Waals surface area contributed by atoms with Crippen LogP contribution in [0.4, 0.5) is 5.69 Å². The molecule has 2 amide bonds. The molecule has 26 heavy (non-hydrogen) atoms. The molecule has 2 aliphatic rings. The summed E-state index contributed by atoms with van der Waals surface area (Å²) in [5, 5.41) is 2.95. The minimum atomic E-state index is -0.661. The van der Waals surface area contributed by atoms with Gasteiger partial charge in [0.1, 0.15) is 11.5 Å². The van der Waals surface area contributed by atoms with Crippen LogP contribution in [0.5, 0.6) is 11.5 Å². The van der Waals surface area contributed by atoms with Crippen molar-refractivity contribution in [1.29, 1.82) is 0 Å². The molecule has 134 valence electrons. The smallest absolute Gasteiger partial charge is 0.257 e. The van der Waals surface area contributed by atoms with Crippen molar-refractivity contribution >= 4 is 17.5 Å². The summed E-state index contributed by atoms with van der Waals surface area (Å²) in [6, 6.07) is 12.8. The lowest BCUT2D eigenvalue weighted by molar-refractivity contribution is -0.120. The number of amides is 2. The number of anilines is 1. The largest absolute Gasteiger partial charge is 0.497 e. The molecule has 0 aromatic heterocycles. The van der Waals surface area contributed by atoms with Gasteiger partial charge in [0.05, 0.1) is 25.2 Å². The number of carbonyl (C=O) groups excluding carboxylic acids is 2. The van der Waals surface area contributed by atoms with Gasteiger partial charge in [-0.3, -0.25) is 9.59 Å². The van der Waals surface area contributed by atoms with Crippen LogP contribution < -0.4 is 14.8 Å². The number of nitrogens with one attached hydrogen (secondary N) is 1. The molecule has 6 heteroatoms. The number of para-hydroxylation sites is 1. The third kappa shape index (κ3) is 2.33. The Labute approximate surface area is 151 Å². The number of methoxy groups -OCH3 is 2. The van der Waals surface area contributed by atoms with Gasteiger partial charge in [-0.1, -0.05) is 18.2 Å². The first kappa shape index (κ1) is 16.4. The maximum atomic E-state index is 13.1. The van der Waals surface area contributed by atoms with E-state index in [1.807, 2.05) is 24.3 Å². The summed E-state index contributed by atoms with van der Waals surface area (Å²) in [5.74, 6) is 0.918. The van der Waals surface area contributed by atoms with Gasteiger partial charge in [-0.15, -0.1) is 0 Å². The van der Waals surface area contributed by atoms with Crippen LogP contribution in [0.2, 0.25) is 0 Å². The van der Waals surface area contributed by atoms with E-state index < -0.39 is 5.41 Å². The van der Waals surface area contributed by atoms with Crippen molar-refractivity contribution in [3.63, 3.8) is 0 Å². The van der Waals surface area contributed by atoms with Crippen molar-refractivity contribution in [2.45, 2.75) is 11.8 Å². The number of carbonyl (C=O) groups is 2. The van der Waals surface area contributed by atoms with Crippen molar-refractivity contribution < 1.29 is 19.1 Å². The van der Waals surface area contributed by atoms with Crippen LogP contribution in [0.1, 0.15) is 22.3 Å². The highest BCUT2D eigenvalue weighted by molar-refractivity contribution is 6.07. The molecule has 1 atom stereocenters. The molecule has 4 rings (SSSR count). The lowest BCUT2D eigenvalue weighted by atomic mass is 9.81. The molecule has 2 aromatic rings. The summed E-state index contributed by atoms with van der Waals surface area (Å²) in [6.07, 6.45) is 0.611. The van der Waals surface area contributed by atoms with Crippen LogP contribution in [-0.4, -0.2) is 44.0 Å². The predicted octanol–water partition coefficient (Wildman–Crippen LogP) is 2.44. The molecule has 0 radical (unpaired) electrons. The molecule has 1 saturated heterocycles. The molecule has 0 unspecified atom stereocenters. The van der Waals surface area contributed by atoms with Crippen LogP contribution in [0, 0.1) is 0 Å². The van der Waals surface area contributed by atoms with Crippen molar-refractivity contribution in [1.82, 2.24) is 4.90 Å². The number of nitrogens with zero attached hydrogens (tertiary/aromatic N) is 1. The first-order valence-corrected chi connectivity index (χ1v) is 8.51. The van der Waals surface area contributed by atoms with Gasteiger partial charge in [-0.05, 0) is 30.2 Å². The molecule has 0 bridgehead atoms. The number of benzene rings is 2. The summed E-state index contributed by atoms with van der Waals surface area (Å²) in [5.41, 5.74) is 1.62. The lowest BCUT2D eigenvalue weighted by Crippen LogP contribution is -2.39. The zero-order chi connectivity index (χ0) is 18.3. The summed E-state index contributed by atoms with van der Waals surface area (Å²) < 4.78 is 10.5. The quantitative estimate of drug-likeness (QED) is 0.921. The fourth-order valence-corrected chi connectivity index (χ4v) is 3.91. The zero-order valence-electron chi connectivity index (χ0n) is 14.7. The third-order valence-corrected chi connectivity index (χ3v) is 5.32. The molecule has 6 nitrogen and oxygen atoms in total. The van der Waals surface area contributed by atoms with Crippen LogP contribution in [0.25, 0.3) is 0 Å². The normalized spacial score (nSPS) is 20.8. The Morgan fingerprint density at radius 1 is 1.15 bits per heavy atom. The van der Waals surface area contributed by atoms with Gasteiger partial charge in [0, 0.05) is 24.8 Å². The van der Waals surface area contributed by atoms with E-state index in [9.17, 15) is 9.59 Å². The second-order valence-corrected chi connectivity index (χ2v) is 6.62. The van der Waals surface area contributed by atoms with E-state index in [0.29, 0.717) is 36.6 Å². The molecular weight excluding hydrogens is 332 g/mol. The average molecular weight is 352 g/mol. The lowest BCUT2D eigenvalue weighted by Gasteiger charge is -2.23. The van der Waals surface area contributed by atoms with Gasteiger partial charge in [0.25, 0.3) is 5.91 Å². The Morgan fingerprint density at radius 2 is 1.96 bits per heavy atom. The van der Waals surface area contributed by atoms with E-state index in [1.165, 1.54) is 7.11 Å². The minimum absolute atomic E-state index is 0.0318. The van der Waals surface area contributed by atoms with Gasteiger partial charge in [-0.25, -0.2) is 0 Å². The van der Waals surface area contributed by atoms with Crippen LogP contribution in [0.3, 0.4) is 0 Å². The van der Waals surface area contributed by atoms with E-state index in [2.05, 4.69) is 5.32 Å². The summed E-state index contributed by atoms with van der Waals surface area (Å²) in [4.78, 5) is 27.5. The summed E-state index contributed by atoms with van der Waals surface area (Å²) in [6.45, 7) is 0.889. The van der Waals surface area contributed by atoms with Crippen LogP contribution in [-0.2, 0) is 10.2 Å². The van der Waals surface area contributed by atoms with Crippen molar-refractivity contribution in [3.05, 3.63) is 53.6 Å². The topological polar surface area (TPSA) is 67.9 Å². The first-order valence-electron chi connectivity index (χ1n) is 8.51. The fraction of sp³-hybridized carbons (Fsp3) is 0.300. The molecule has 2 aliphatic heterocycles. The first-order chi connectivity index (χ1) is 12.6. The molecule has 2 heterocycles. The van der Waals surface area contributed by atoms with E-state index in [1.54, 1.807) is 30.2 Å². The van der Waals surface area contributed by atoms with E-state index >= 15 is 0 Å². The predicted molar refractivity (Wildman–Crippen MR) is 96.8 cm³/mol. The average Bonchev–Trinajstić information content (AvgIpc) is 3.24. The number of ether oxygens (including phenoxy) is 2. The minimum Gasteiger partial charge on any atom is -0.497 e. The maximum absolute atomic E-state index is 13.1. The second-order valence-electron chi connectivity index (χ2n) is 6.62. The Bertz CT molecular complexity index is 895. The molecule has 2 aromatic carbocycles. The molecular formula is C20H20N2O4. The molecule has 1 N–H and O–H groups in total. The Kier molecular flexibility index (Phi) is 3.83. The zero-order valence-corrected chi connectivity index (χ0v) is 14.7. The van der Waals surface area contributed by atoms with Crippen LogP contribution in [0.15, 0.2) is 42.5 Å².